The van der Waals surface area contributed by atoms with E-state index in [0.717, 1.165) is 18.5 Å². The average Bonchev–Trinajstić information content (AvgIpc) is 2.75. The Hall–Kier alpha value is -1.73. The first-order chi connectivity index (χ1) is 9.42. The predicted octanol–water partition coefficient (Wildman–Crippen LogP) is 2.40. The van der Waals surface area contributed by atoms with E-state index in [1.165, 1.54) is 18.2 Å². The molecule has 0 spiro atoms. The summed E-state index contributed by atoms with van der Waals surface area (Å²) in [6, 6.07) is 5.88. The largest absolute Gasteiger partial charge is 0.398 e. The van der Waals surface area contributed by atoms with E-state index in [0.29, 0.717) is 5.02 Å². The normalized spacial score (nSPS) is 11.5. The molecule has 0 aliphatic heterocycles. The van der Waals surface area contributed by atoms with E-state index in [1.807, 2.05) is 6.92 Å². The lowest BCUT2D eigenvalue weighted by Gasteiger charge is -2.08. The van der Waals surface area contributed by atoms with Crippen molar-refractivity contribution in [1.29, 1.82) is 0 Å². The van der Waals surface area contributed by atoms with E-state index in [9.17, 15) is 8.42 Å². The van der Waals surface area contributed by atoms with E-state index in [-0.39, 0.29) is 16.4 Å². The van der Waals surface area contributed by atoms with Crippen LogP contribution in [0.4, 0.5) is 11.5 Å². The molecule has 0 bridgehead atoms. The molecule has 6 nitrogen and oxygen atoms in total. The van der Waals surface area contributed by atoms with Gasteiger partial charge in [-0.15, -0.1) is 0 Å². The number of benzene rings is 1. The molecule has 1 aromatic heterocycles. The number of anilines is 2. The van der Waals surface area contributed by atoms with Crippen molar-refractivity contribution in [3.8, 4) is 0 Å². The molecule has 2 rings (SSSR count). The van der Waals surface area contributed by atoms with Gasteiger partial charge in [0.2, 0.25) is 0 Å². The van der Waals surface area contributed by atoms with Gasteiger partial charge >= 0.3 is 0 Å². The number of sulfonamides is 1. The maximum absolute atomic E-state index is 12.2. The number of H-pyrrole nitrogens is 1. The SMILES string of the molecule is CCCc1cc(NS(=O)(=O)c2ccc(Cl)cc2N)n[nH]1. The van der Waals surface area contributed by atoms with Crippen LogP contribution in [0.25, 0.3) is 0 Å². The molecule has 4 N–H and O–H groups in total. The molecular formula is C12H15ClN4O2S. The highest BCUT2D eigenvalue weighted by molar-refractivity contribution is 7.92. The molecule has 108 valence electrons. The predicted molar refractivity (Wildman–Crippen MR) is 79.3 cm³/mol. The van der Waals surface area contributed by atoms with Gasteiger partial charge in [0.1, 0.15) is 4.90 Å². The summed E-state index contributed by atoms with van der Waals surface area (Å²) in [5, 5.41) is 7.07. The van der Waals surface area contributed by atoms with Crippen molar-refractivity contribution in [2.45, 2.75) is 24.7 Å². The lowest BCUT2D eigenvalue weighted by Crippen LogP contribution is -2.15. The molecule has 1 aromatic carbocycles. The minimum absolute atomic E-state index is 0.0260. The summed E-state index contributed by atoms with van der Waals surface area (Å²) in [5.74, 6) is 0.239. The van der Waals surface area contributed by atoms with Crippen molar-refractivity contribution in [2.24, 2.45) is 0 Å². The van der Waals surface area contributed by atoms with Crippen LogP contribution in [-0.4, -0.2) is 18.6 Å². The standard InChI is InChI=1S/C12H15ClN4O2S/c1-2-3-9-7-12(16-15-9)17-20(18,19)11-5-4-8(13)6-10(11)14/h4-7H,2-3,14H2,1H3,(H2,15,16,17). The third-order valence-electron chi connectivity index (χ3n) is 2.65. The number of halogens is 1. The Balaban J connectivity index is 2.26. The van der Waals surface area contributed by atoms with Gasteiger partial charge in [-0.2, -0.15) is 5.10 Å². The van der Waals surface area contributed by atoms with E-state index in [2.05, 4.69) is 14.9 Å². The van der Waals surface area contributed by atoms with E-state index < -0.39 is 10.0 Å². The fourth-order valence-corrected chi connectivity index (χ4v) is 3.05. The van der Waals surface area contributed by atoms with Crippen molar-refractivity contribution in [3.05, 3.63) is 35.0 Å². The van der Waals surface area contributed by atoms with E-state index in [1.54, 1.807) is 6.07 Å². The summed E-state index contributed by atoms with van der Waals surface area (Å²) in [7, 11) is -3.78. The number of nitrogens with zero attached hydrogens (tertiary/aromatic N) is 1. The first-order valence-corrected chi connectivity index (χ1v) is 7.90. The van der Waals surface area contributed by atoms with Crippen LogP contribution in [0, 0.1) is 0 Å². The van der Waals surface area contributed by atoms with Crippen LogP contribution in [0.2, 0.25) is 5.02 Å². The molecule has 2 aromatic rings. The lowest BCUT2D eigenvalue weighted by molar-refractivity contribution is 0.601. The smallest absolute Gasteiger partial charge is 0.265 e. The van der Waals surface area contributed by atoms with Gasteiger partial charge in [0, 0.05) is 16.8 Å². The summed E-state index contributed by atoms with van der Waals surface area (Å²) in [5.41, 5.74) is 6.64. The molecule has 0 atom stereocenters. The van der Waals surface area contributed by atoms with Crippen LogP contribution >= 0.6 is 11.6 Å². The average molecular weight is 315 g/mol. The summed E-state index contributed by atoms with van der Waals surface area (Å²) in [4.78, 5) is -0.0260. The number of aromatic nitrogens is 2. The maximum atomic E-state index is 12.2. The molecule has 0 unspecified atom stereocenters. The monoisotopic (exact) mass is 314 g/mol. The second-order valence-electron chi connectivity index (χ2n) is 4.32. The lowest BCUT2D eigenvalue weighted by atomic mass is 10.2. The van der Waals surface area contributed by atoms with Crippen molar-refractivity contribution in [2.75, 3.05) is 10.5 Å². The van der Waals surface area contributed by atoms with Crippen LogP contribution in [0.5, 0.6) is 0 Å². The maximum Gasteiger partial charge on any atom is 0.265 e. The second-order valence-corrected chi connectivity index (χ2v) is 6.40. The molecule has 0 aliphatic rings. The Bertz CT molecular complexity index is 712. The molecule has 0 saturated carbocycles. The molecular weight excluding hydrogens is 300 g/mol. The molecule has 20 heavy (non-hydrogen) atoms. The Morgan fingerprint density at radius 2 is 2.15 bits per heavy atom. The van der Waals surface area contributed by atoms with Gasteiger partial charge in [0.15, 0.2) is 5.82 Å². The minimum atomic E-state index is -3.78. The minimum Gasteiger partial charge on any atom is -0.398 e. The van der Waals surface area contributed by atoms with Crippen LogP contribution in [0.15, 0.2) is 29.2 Å². The fourth-order valence-electron chi connectivity index (χ4n) is 1.77. The van der Waals surface area contributed by atoms with Gasteiger partial charge in [0.05, 0.1) is 5.69 Å². The topological polar surface area (TPSA) is 101 Å². The number of nitrogen functional groups attached to an aromatic ring is 1. The molecule has 0 radical (unpaired) electrons. The number of nitrogens with two attached hydrogens (primary N) is 1. The summed E-state index contributed by atoms with van der Waals surface area (Å²) >= 11 is 5.75. The Morgan fingerprint density at radius 1 is 1.40 bits per heavy atom. The van der Waals surface area contributed by atoms with Gasteiger partial charge in [0.25, 0.3) is 10.0 Å². The van der Waals surface area contributed by atoms with Crippen LogP contribution in [-0.2, 0) is 16.4 Å². The Labute approximate surface area is 122 Å². The van der Waals surface area contributed by atoms with Crippen molar-refractivity contribution in [3.63, 3.8) is 0 Å². The zero-order valence-corrected chi connectivity index (χ0v) is 12.4. The number of hydrogen-bond donors (Lipinski definition) is 3. The van der Waals surface area contributed by atoms with E-state index >= 15 is 0 Å². The molecule has 8 heteroatoms. The zero-order valence-electron chi connectivity index (χ0n) is 10.9. The van der Waals surface area contributed by atoms with Gasteiger partial charge < -0.3 is 5.73 Å². The summed E-state index contributed by atoms with van der Waals surface area (Å²) in [6.45, 7) is 2.03. The first-order valence-electron chi connectivity index (χ1n) is 6.04. The number of aryl methyl sites for hydroxylation is 1. The van der Waals surface area contributed by atoms with Crippen molar-refractivity contribution in [1.82, 2.24) is 10.2 Å². The van der Waals surface area contributed by atoms with Crippen molar-refractivity contribution < 1.29 is 8.42 Å². The molecule has 0 aliphatic carbocycles. The highest BCUT2D eigenvalue weighted by Crippen LogP contribution is 2.24. The Kier molecular flexibility index (Phi) is 4.20. The molecule has 0 fully saturated rings. The van der Waals surface area contributed by atoms with Crippen LogP contribution in [0.3, 0.4) is 0 Å². The summed E-state index contributed by atoms with van der Waals surface area (Å²) < 4.78 is 26.8. The third-order valence-corrected chi connectivity index (χ3v) is 4.31. The summed E-state index contributed by atoms with van der Waals surface area (Å²) in [6.07, 6.45) is 1.75. The quantitative estimate of drug-likeness (QED) is 0.737. The third kappa shape index (κ3) is 3.23. The molecule has 0 saturated heterocycles. The fraction of sp³-hybridized carbons (Fsp3) is 0.250. The van der Waals surface area contributed by atoms with Gasteiger partial charge in [-0.25, -0.2) is 8.42 Å². The van der Waals surface area contributed by atoms with Crippen molar-refractivity contribution >= 4 is 33.1 Å². The highest BCUT2D eigenvalue weighted by atomic mass is 35.5. The van der Waals surface area contributed by atoms with Gasteiger partial charge in [-0.05, 0) is 24.6 Å². The molecule has 0 amide bonds. The van der Waals surface area contributed by atoms with Gasteiger partial charge in [-0.1, -0.05) is 24.9 Å². The van der Waals surface area contributed by atoms with Gasteiger partial charge in [-0.3, -0.25) is 9.82 Å². The Morgan fingerprint density at radius 3 is 2.80 bits per heavy atom. The molecule has 1 heterocycles. The zero-order chi connectivity index (χ0) is 14.8. The van der Waals surface area contributed by atoms with Crippen LogP contribution in [0.1, 0.15) is 19.0 Å². The second kappa shape index (κ2) is 5.72. The van der Waals surface area contributed by atoms with Crippen LogP contribution < -0.4 is 10.5 Å². The van der Waals surface area contributed by atoms with E-state index in [4.69, 9.17) is 17.3 Å². The first kappa shape index (κ1) is 14.7. The number of hydrogen-bond acceptors (Lipinski definition) is 4. The highest BCUT2D eigenvalue weighted by Gasteiger charge is 2.19. The number of aromatic amines is 1. The number of rotatable bonds is 5. The number of nitrogens with one attached hydrogen (secondary N) is 2.